The van der Waals surface area contributed by atoms with Gasteiger partial charge in [-0.1, -0.05) is 0 Å². The lowest BCUT2D eigenvalue weighted by Crippen LogP contribution is -2.61. The van der Waals surface area contributed by atoms with Crippen molar-refractivity contribution < 1.29 is 28.3 Å². The van der Waals surface area contributed by atoms with Crippen LogP contribution in [0.5, 0.6) is 0 Å². The summed E-state index contributed by atoms with van der Waals surface area (Å²) in [6.45, 7) is 2.49. The van der Waals surface area contributed by atoms with Crippen LogP contribution < -0.4 is 5.32 Å². The predicted molar refractivity (Wildman–Crippen MR) is 55.9 cm³/mol. The minimum atomic E-state index is -2.43. The summed E-state index contributed by atoms with van der Waals surface area (Å²) in [5, 5.41) is 1.69. The monoisotopic (exact) mass is 260 g/mol. The van der Waals surface area contributed by atoms with Gasteiger partial charge in [-0.25, -0.2) is 9.18 Å². The largest absolute Gasteiger partial charge is 0.469 e. The average Bonchev–Trinajstić information content (AvgIpc) is 2.31. The number of ether oxygens (including phenoxy) is 1. The summed E-state index contributed by atoms with van der Waals surface area (Å²) in [5.74, 6) is -3.23. The normalized spacial score (nSPS) is 20.8. The molecule has 0 bridgehead atoms. The molecule has 0 spiro atoms. The third-order valence-electron chi connectivity index (χ3n) is 2.48. The lowest BCUT2D eigenvalue weighted by molar-refractivity contribution is -0.153. The van der Waals surface area contributed by atoms with Gasteiger partial charge < -0.3 is 4.74 Å². The van der Waals surface area contributed by atoms with Crippen molar-refractivity contribution >= 4 is 23.8 Å². The van der Waals surface area contributed by atoms with Gasteiger partial charge in [-0.2, -0.15) is 0 Å². The van der Waals surface area contributed by atoms with E-state index < -0.39 is 35.4 Å². The summed E-state index contributed by atoms with van der Waals surface area (Å²) in [4.78, 5) is 45.6. The number of barbiturate groups is 1. The first-order chi connectivity index (χ1) is 8.20. The van der Waals surface area contributed by atoms with Crippen LogP contribution in [0, 0.1) is 5.41 Å². The Balaban J connectivity index is 2.89. The molecule has 0 aliphatic carbocycles. The van der Waals surface area contributed by atoms with Crippen molar-refractivity contribution in [2.24, 2.45) is 5.41 Å². The van der Waals surface area contributed by atoms with Crippen LogP contribution in [0.1, 0.15) is 13.8 Å². The summed E-state index contributed by atoms with van der Waals surface area (Å²) < 4.78 is 17.7. The molecule has 100 valence electrons. The van der Waals surface area contributed by atoms with Crippen LogP contribution in [0.2, 0.25) is 0 Å². The van der Waals surface area contributed by atoms with Gasteiger partial charge in [0.2, 0.25) is 0 Å². The smallest absolute Gasteiger partial charge is 0.330 e. The standard InChI is InChI=1S/C10H13FN2O5/c1-10(2,8(16)18-3)4-13-7(15)5(11)6(14)12-9(13)17/h5H,4H2,1-3H3,(H,12,14,17). The number of nitrogens with zero attached hydrogens (tertiary/aromatic N) is 1. The first-order valence-corrected chi connectivity index (χ1v) is 5.09. The summed E-state index contributed by atoms with van der Waals surface area (Å²) in [7, 11) is 1.16. The van der Waals surface area contributed by atoms with Crippen molar-refractivity contribution in [1.82, 2.24) is 10.2 Å². The lowest BCUT2D eigenvalue weighted by atomic mass is 9.92. The van der Waals surface area contributed by atoms with Gasteiger partial charge >= 0.3 is 12.0 Å². The van der Waals surface area contributed by atoms with E-state index in [0.717, 1.165) is 7.11 Å². The molecule has 0 saturated carbocycles. The zero-order valence-electron chi connectivity index (χ0n) is 10.2. The van der Waals surface area contributed by atoms with Crippen molar-refractivity contribution in [2.75, 3.05) is 13.7 Å². The fourth-order valence-corrected chi connectivity index (χ4v) is 1.47. The highest BCUT2D eigenvalue weighted by Crippen LogP contribution is 2.21. The fraction of sp³-hybridized carbons (Fsp3) is 0.600. The fourth-order valence-electron chi connectivity index (χ4n) is 1.47. The van der Waals surface area contributed by atoms with Crippen LogP contribution in [0.25, 0.3) is 0 Å². The molecule has 1 N–H and O–H groups in total. The second-order valence-electron chi connectivity index (χ2n) is 4.46. The summed E-state index contributed by atoms with van der Waals surface area (Å²) in [6, 6.07) is -1.05. The van der Waals surface area contributed by atoms with Crippen LogP contribution in [0.3, 0.4) is 0 Å². The van der Waals surface area contributed by atoms with Crippen LogP contribution in [-0.2, 0) is 19.1 Å². The average molecular weight is 260 g/mol. The quantitative estimate of drug-likeness (QED) is 0.550. The molecule has 1 aliphatic rings. The molecule has 8 heteroatoms. The zero-order valence-corrected chi connectivity index (χ0v) is 10.2. The Hall–Kier alpha value is -1.99. The third kappa shape index (κ3) is 2.47. The number of esters is 1. The molecular weight excluding hydrogens is 247 g/mol. The van der Waals surface area contributed by atoms with Crippen LogP contribution >= 0.6 is 0 Å². The maximum absolute atomic E-state index is 13.2. The Bertz CT molecular complexity index is 420. The number of nitrogens with one attached hydrogen (secondary N) is 1. The number of carbonyl (C=O) groups is 4. The molecule has 1 atom stereocenters. The van der Waals surface area contributed by atoms with Crippen LogP contribution in [0.4, 0.5) is 9.18 Å². The molecule has 1 fully saturated rings. The molecule has 0 aromatic heterocycles. The van der Waals surface area contributed by atoms with Crippen LogP contribution in [0.15, 0.2) is 0 Å². The van der Waals surface area contributed by atoms with Gasteiger partial charge in [0.15, 0.2) is 0 Å². The van der Waals surface area contributed by atoms with Gasteiger partial charge in [-0.05, 0) is 13.8 Å². The van der Waals surface area contributed by atoms with E-state index in [-0.39, 0.29) is 6.54 Å². The first kappa shape index (κ1) is 14.1. The molecule has 1 aliphatic heterocycles. The van der Waals surface area contributed by atoms with Crippen molar-refractivity contribution in [2.45, 2.75) is 20.0 Å². The Morgan fingerprint density at radius 3 is 2.50 bits per heavy atom. The van der Waals surface area contributed by atoms with Crippen LogP contribution in [-0.4, -0.2) is 48.5 Å². The van der Waals surface area contributed by atoms with Gasteiger partial charge in [-0.15, -0.1) is 0 Å². The van der Waals surface area contributed by atoms with E-state index in [2.05, 4.69) is 4.74 Å². The number of hydrogen-bond acceptors (Lipinski definition) is 5. The second kappa shape index (κ2) is 4.71. The summed E-state index contributed by atoms with van der Waals surface area (Å²) in [5.41, 5.74) is -1.19. The highest BCUT2D eigenvalue weighted by atomic mass is 19.1. The molecule has 0 radical (unpaired) electrons. The van der Waals surface area contributed by atoms with Crippen molar-refractivity contribution in [3.05, 3.63) is 0 Å². The number of carbonyl (C=O) groups excluding carboxylic acids is 4. The number of amides is 4. The molecule has 0 aromatic rings. The minimum Gasteiger partial charge on any atom is -0.469 e. The number of urea groups is 1. The first-order valence-electron chi connectivity index (χ1n) is 5.09. The molecule has 1 unspecified atom stereocenters. The van der Waals surface area contributed by atoms with Gasteiger partial charge in [0.05, 0.1) is 12.5 Å². The number of methoxy groups -OCH3 is 1. The number of imide groups is 2. The van der Waals surface area contributed by atoms with Gasteiger partial charge in [0.25, 0.3) is 18.0 Å². The number of halogens is 1. The Morgan fingerprint density at radius 1 is 1.44 bits per heavy atom. The number of rotatable bonds is 3. The topological polar surface area (TPSA) is 92.8 Å². The highest BCUT2D eigenvalue weighted by molar-refractivity contribution is 6.18. The maximum Gasteiger partial charge on any atom is 0.330 e. The van der Waals surface area contributed by atoms with E-state index in [1.165, 1.54) is 13.8 Å². The molecule has 1 rings (SSSR count). The third-order valence-corrected chi connectivity index (χ3v) is 2.48. The Labute approximate surface area is 102 Å². The molecule has 1 heterocycles. The van der Waals surface area contributed by atoms with Crippen molar-refractivity contribution in [3.8, 4) is 0 Å². The molecule has 4 amide bonds. The van der Waals surface area contributed by atoms with Gasteiger partial charge in [0.1, 0.15) is 0 Å². The number of hydrogen-bond donors (Lipinski definition) is 1. The van der Waals surface area contributed by atoms with E-state index in [4.69, 9.17) is 0 Å². The van der Waals surface area contributed by atoms with E-state index in [1.54, 1.807) is 5.32 Å². The van der Waals surface area contributed by atoms with E-state index in [9.17, 15) is 23.6 Å². The summed E-state index contributed by atoms with van der Waals surface area (Å²) >= 11 is 0. The van der Waals surface area contributed by atoms with Gasteiger partial charge in [-0.3, -0.25) is 24.6 Å². The second-order valence-corrected chi connectivity index (χ2v) is 4.46. The maximum atomic E-state index is 13.2. The Kier molecular flexibility index (Phi) is 3.68. The van der Waals surface area contributed by atoms with E-state index in [0.29, 0.717) is 4.90 Å². The molecule has 18 heavy (non-hydrogen) atoms. The lowest BCUT2D eigenvalue weighted by Gasteiger charge is -2.32. The predicted octanol–water partition coefficient (Wildman–Crippen LogP) is -0.398. The minimum absolute atomic E-state index is 0.377. The molecule has 1 saturated heterocycles. The molecule has 7 nitrogen and oxygen atoms in total. The van der Waals surface area contributed by atoms with E-state index in [1.807, 2.05) is 0 Å². The zero-order chi connectivity index (χ0) is 14.1. The molecular formula is C10H13FN2O5. The SMILES string of the molecule is COC(=O)C(C)(C)CN1C(=O)NC(=O)C(F)C1=O. The summed E-state index contributed by atoms with van der Waals surface area (Å²) in [6.07, 6.45) is -2.43. The number of alkyl halides is 1. The van der Waals surface area contributed by atoms with Gasteiger partial charge in [0, 0.05) is 6.54 Å². The highest BCUT2D eigenvalue weighted by Gasteiger charge is 2.44. The van der Waals surface area contributed by atoms with Crippen molar-refractivity contribution in [3.63, 3.8) is 0 Å². The molecule has 0 aromatic carbocycles. The van der Waals surface area contributed by atoms with Crippen molar-refractivity contribution in [1.29, 1.82) is 0 Å². The Morgan fingerprint density at radius 2 is 2.00 bits per heavy atom. The van der Waals surface area contributed by atoms with E-state index >= 15 is 0 Å².